The molecule has 0 bridgehead atoms. The van der Waals surface area contributed by atoms with E-state index in [2.05, 4.69) is 10.6 Å². The van der Waals surface area contributed by atoms with Crippen molar-refractivity contribution < 1.29 is 34.1 Å². The van der Waals surface area contributed by atoms with Crippen molar-refractivity contribution >= 4 is 23.7 Å². The summed E-state index contributed by atoms with van der Waals surface area (Å²) in [5, 5.41) is 23.8. The Labute approximate surface area is 161 Å². The van der Waals surface area contributed by atoms with E-state index in [1.54, 1.807) is 18.2 Å². The number of ether oxygens (including phenoxy) is 1. The van der Waals surface area contributed by atoms with Gasteiger partial charge in [0.2, 0.25) is 11.8 Å². The zero-order valence-corrected chi connectivity index (χ0v) is 15.5. The van der Waals surface area contributed by atoms with E-state index in [0.29, 0.717) is 0 Å². The molecule has 0 aliphatic carbocycles. The summed E-state index contributed by atoms with van der Waals surface area (Å²) in [7, 11) is 1.48. The molecule has 28 heavy (non-hydrogen) atoms. The third-order valence-electron chi connectivity index (χ3n) is 4.25. The summed E-state index contributed by atoms with van der Waals surface area (Å²) < 4.78 is 5.58. The van der Waals surface area contributed by atoms with Crippen LogP contribution in [-0.4, -0.2) is 77.2 Å². The molecule has 0 unspecified atom stereocenters. The second-order valence-corrected chi connectivity index (χ2v) is 6.46. The van der Waals surface area contributed by atoms with Gasteiger partial charge in [-0.05, 0) is 19.1 Å². The fourth-order valence-corrected chi connectivity index (χ4v) is 2.66. The molecular formula is C18H23N3O7. The van der Waals surface area contributed by atoms with Gasteiger partial charge in [-0.2, -0.15) is 0 Å². The Morgan fingerprint density at radius 2 is 1.93 bits per heavy atom. The van der Waals surface area contributed by atoms with Gasteiger partial charge >= 0.3 is 5.97 Å². The molecule has 1 aromatic rings. The lowest BCUT2D eigenvalue weighted by molar-refractivity contribution is -0.142. The number of carboxylic acids is 1. The first-order valence-electron chi connectivity index (χ1n) is 8.68. The van der Waals surface area contributed by atoms with E-state index in [1.807, 2.05) is 0 Å². The number of amides is 3. The molecule has 0 spiro atoms. The topological polar surface area (TPSA) is 145 Å². The summed E-state index contributed by atoms with van der Waals surface area (Å²) in [6.45, 7) is 1.53. The molecule has 1 heterocycles. The van der Waals surface area contributed by atoms with Gasteiger partial charge in [-0.25, -0.2) is 4.79 Å². The van der Waals surface area contributed by atoms with Gasteiger partial charge in [0.1, 0.15) is 24.4 Å². The zero-order valence-electron chi connectivity index (χ0n) is 15.5. The number of rotatable bonds is 2. The van der Waals surface area contributed by atoms with E-state index < -0.39 is 48.3 Å². The lowest BCUT2D eigenvalue weighted by atomic mass is 10.1. The second kappa shape index (κ2) is 9.18. The predicted octanol–water partition coefficient (Wildman–Crippen LogP) is -1.02. The number of benzene rings is 1. The summed E-state index contributed by atoms with van der Waals surface area (Å²) in [5.74, 6) is -3.23. The van der Waals surface area contributed by atoms with Gasteiger partial charge in [-0.15, -0.1) is 0 Å². The van der Waals surface area contributed by atoms with Gasteiger partial charge in [-0.1, -0.05) is 12.1 Å². The first kappa shape index (κ1) is 21.2. The third-order valence-corrected chi connectivity index (χ3v) is 4.25. The molecule has 1 aromatic carbocycles. The van der Waals surface area contributed by atoms with Crippen molar-refractivity contribution in [2.24, 2.45) is 0 Å². The van der Waals surface area contributed by atoms with Gasteiger partial charge in [0.25, 0.3) is 5.91 Å². The molecule has 1 aliphatic rings. The SMILES string of the molecule is C[C@@H](O)[C@@H]1NC(=O)C[C@@H](C(=O)O)NC(=O)c2ccccc2OCCN(C)C1=O. The summed E-state index contributed by atoms with van der Waals surface area (Å²) >= 11 is 0. The number of carbonyl (C=O) groups excluding carboxylic acids is 3. The van der Waals surface area contributed by atoms with E-state index in [0.717, 1.165) is 0 Å². The number of carboxylic acid groups (broad SMARTS) is 1. The summed E-state index contributed by atoms with van der Waals surface area (Å²) in [6, 6.07) is 3.48. The van der Waals surface area contributed by atoms with Crippen molar-refractivity contribution in [2.75, 3.05) is 20.2 Å². The molecule has 0 aromatic heterocycles. The van der Waals surface area contributed by atoms with Crippen LogP contribution >= 0.6 is 0 Å². The highest BCUT2D eigenvalue weighted by atomic mass is 16.5. The molecule has 10 nitrogen and oxygen atoms in total. The number of nitrogens with one attached hydrogen (secondary N) is 2. The van der Waals surface area contributed by atoms with Gasteiger partial charge in [0.15, 0.2) is 0 Å². The summed E-state index contributed by atoms with van der Waals surface area (Å²) in [6.07, 6.45) is -1.81. The summed E-state index contributed by atoms with van der Waals surface area (Å²) in [5.41, 5.74) is 0.113. The van der Waals surface area contributed by atoms with Gasteiger partial charge in [-0.3, -0.25) is 14.4 Å². The largest absolute Gasteiger partial charge is 0.491 e. The van der Waals surface area contributed by atoms with Crippen LogP contribution < -0.4 is 15.4 Å². The molecule has 0 saturated carbocycles. The molecular weight excluding hydrogens is 370 g/mol. The maximum atomic E-state index is 12.5. The normalized spacial score (nSPS) is 22.8. The number of fused-ring (bicyclic) bond motifs is 1. The Hall–Kier alpha value is -3.14. The van der Waals surface area contributed by atoms with Crippen LogP contribution in [0.2, 0.25) is 0 Å². The maximum Gasteiger partial charge on any atom is 0.326 e. The maximum absolute atomic E-state index is 12.5. The molecule has 3 atom stereocenters. The highest BCUT2D eigenvalue weighted by molar-refractivity contribution is 6.00. The lowest BCUT2D eigenvalue weighted by Gasteiger charge is -2.27. The van der Waals surface area contributed by atoms with Crippen LogP contribution in [0, 0.1) is 0 Å². The van der Waals surface area contributed by atoms with Crippen LogP contribution in [0.3, 0.4) is 0 Å². The predicted molar refractivity (Wildman–Crippen MR) is 96.7 cm³/mol. The van der Waals surface area contributed by atoms with Gasteiger partial charge in [0.05, 0.1) is 24.6 Å². The first-order valence-corrected chi connectivity index (χ1v) is 8.68. The molecule has 0 radical (unpaired) electrons. The van der Waals surface area contributed by atoms with Crippen LogP contribution in [-0.2, 0) is 14.4 Å². The standard InChI is InChI=1S/C18H23N3O7/c1-10(22)15-17(25)21(2)7-8-28-13-6-4-3-5-11(13)16(24)19-12(18(26)27)9-14(23)20-15/h3-6,10,12,15,22H,7-9H2,1-2H3,(H,19,24)(H,20,23)(H,26,27)/t10-,12+,15+/m1/s1. The molecule has 152 valence electrons. The lowest BCUT2D eigenvalue weighted by Crippen LogP contribution is -2.55. The number of aliphatic carboxylic acids is 1. The van der Waals surface area contributed by atoms with Gasteiger partial charge < -0.3 is 30.5 Å². The van der Waals surface area contributed by atoms with Crippen molar-refractivity contribution in [1.82, 2.24) is 15.5 Å². The van der Waals surface area contributed by atoms with Crippen molar-refractivity contribution in [3.63, 3.8) is 0 Å². The molecule has 3 amide bonds. The van der Waals surface area contributed by atoms with Crippen LogP contribution in [0.25, 0.3) is 0 Å². The monoisotopic (exact) mass is 393 g/mol. The summed E-state index contributed by atoms with van der Waals surface area (Å²) in [4.78, 5) is 50.0. The van der Waals surface area contributed by atoms with Crippen molar-refractivity contribution in [3.8, 4) is 5.75 Å². The minimum atomic E-state index is -1.52. The van der Waals surface area contributed by atoms with Crippen molar-refractivity contribution in [2.45, 2.75) is 31.5 Å². The van der Waals surface area contributed by atoms with Crippen LogP contribution in [0.5, 0.6) is 5.75 Å². The quantitative estimate of drug-likeness (QED) is 0.503. The number of nitrogens with zero attached hydrogens (tertiary/aromatic N) is 1. The number of hydrogen-bond donors (Lipinski definition) is 4. The average Bonchev–Trinajstić information content (AvgIpc) is 2.64. The molecule has 1 aliphatic heterocycles. The van der Waals surface area contributed by atoms with Crippen LogP contribution in [0.4, 0.5) is 0 Å². The minimum absolute atomic E-state index is 0.0510. The second-order valence-electron chi connectivity index (χ2n) is 6.46. The number of para-hydroxylation sites is 1. The highest BCUT2D eigenvalue weighted by Gasteiger charge is 2.31. The Kier molecular flexibility index (Phi) is 6.94. The fourth-order valence-electron chi connectivity index (χ4n) is 2.66. The van der Waals surface area contributed by atoms with E-state index in [9.17, 15) is 29.4 Å². The Morgan fingerprint density at radius 1 is 1.25 bits per heavy atom. The Bertz CT molecular complexity index is 765. The van der Waals surface area contributed by atoms with E-state index in [-0.39, 0.29) is 24.5 Å². The molecule has 0 fully saturated rings. The van der Waals surface area contributed by atoms with Crippen molar-refractivity contribution in [1.29, 1.82) is 0 Å². The molecule has 10 heteroatoms. The Morgan fingerprint density at radius 3 is 2.57 bits per heavy atom. The first-order chi connectivity index (χ1) is 13.2. The fraction of sp³-hybridized carbons (Fsp3) is 0.444. The van der Waals surface area contributed by atoms with Gasteiger partial charge in [0, 0.05) is 7.05 Å². The number of likely N-dealkylation sites (N-methyl/N-ethyl adjacent to an activating group) is 1. The number of hydrogen-bond acceptors (Lipinski definition) is 6. The third kappa shape index (κ3) is 5.19. The minimum Gasteiger partial charge on any atom is -0.491 e. The molecule has 0 saturated heterocycles. The number of aliphatic hydroxyl groups excluding tert-OH is 1. The molecule has 4 N–H and O–H groups in total. The van der Waals surface area contributed by atoms with E-state index >= 15 is 0 Å². The van der Waals surface area contributed by atoms with Crippen LogP contribution in [0.15, 0.2) is 24.3 Å². The average molecular weight is 393 g/mol. The van der Waals surface area contributed by atoms with Crippen molar-refractivity contribution in [3.05, 3.63) is 29.8 Å². The number of aliphatic hydroxyl groups is 1. The number of carbonyl (C=O) groups is 4. The van der Waals surface area contributed by atoms with E-state index in [4.69, 9.17) is 4.74 Å². The Balaban J connectivity index is 2.36. The van der Waals surface area contributed by atoms with E-state index in [1.165, 1.54) is 24.9 Å². The van der Waals surface area contributed by atoms with Crippen LogP contribution in [0.1, 0.15) is 23.7 Å². The smallest absolute Gasteiger partial charge is 0.326 e. The molecule has 2 rings (SSSR count). The zero-order chi connectivity index (χ0) is 20.8. The highest BCUT2D eigenvalue weighted by Crippen LogP contribution is 2.18.